The summed E-state index contributed by atoms with van der Waals surface area (Å²) >= 11 is 0. The summed E-state index contributed by atoms with van der Waals surface area (Å²) in [5, 5.41) is 0. The Labute approximate surface area is 49.2 Å². The average molecular weight is 118 g/mol. The van der Waals surface area contributed by atoms with Gasteiger partial charge < -0.3 is 4.74 Å². The van der Waals surface area contributed by atoms with Crippen LogP contribution in [0, 0.1) is 0 Å². The van der Waals surface area contributed by atoms with E-state index in [1.807, 2.05) is 0 Å². The van der Waals surface area contributed by atoms with E-state index in [0.29, 0.717) is 6.61 Å². The lowest BCUT2D eigenvalue weighted by atomic mass is 10.4. The Morgan fingerprint density at radius 1 is 1.88 bits per heavy atom. The van der Waals surface area contributed by atoms with E-state index in [9.17, 15) is 4.39 Å². The van der Waals surface area contributed by atoms with Gasteiger partial charge in [-0.15, -0.1) is 0 Å². The molecule has 0 aliphatic carbocycles. The van der Waals surface area contributed by atoms with E-state index in [4.69, 9.17) is 4.74 Å². The van der Waals surface area contributed by atoms with Crippen molar-refractivity contribution in [2.75, 3.05) is 6.61 Å². The van der Waals surface area contributed by atoms with Crippen LogP contribution in [0.25, 0.3) is 0 Å². The molecule has 0 aromatic rings. The Bertz CT molecular complexity index is 78.6. The van der Waals surface area contributed by atoms with Gasteiger partial charge in [-0.05, 0) is 13.8 Å². The Morgan fingerprint density at radius 3 is 2.50 bits per heavy atom. The third kappa shape index (κ3) is 2.61. The van der Waals surface area contributed by atoms with Gasteiger partial charge in [0.25, 0.3) is 0 Å². The highest BCUT2D eigenvalue weighted by atomic mass is 19.1. The van der Waals surface area contributed by atoms with Gasteiger partial charge in [0.05, 0.1) is 6.61 Å². The van der Waals surface area contributed by atoms with Crippen LogP contribution in [0.15, 0.2) is 12.3 Å². The molecule has 0 aliphatic heterocycles. The van der Waals surface area contributed by atoms with Gasteiger partial charge in [0.2, 0.25) is 0 Å². The van der Waals surface area contributed by atoms with Gasteiger partial charge in [-0.2, -0.15) is 0 Å². The number of hydrogen-bond acceptors (Lipinski definition) is 1. The largest absolute Gasteiger partial charge is 0.496 e. The minimum atomic E-state index is -1.05. The van der Waals surface area contributed by atoms with Crippen LogP contribution in [0.3, 0.4) is 0 Å². The predicted octanol–water partition coefficient (Wildman–Crippen LogP) is 1.89. The standard InChI is InChI=1S/C6H11FO/c1-4-8-6(3)5(2)7/h5H,3-4H2,1-2H3. The Balaban J connectivity index is 3.33. The van der Waals surface area contributed by atoms with Crippen molar-refractivity contribution in [2.24, 2.45) is 0 Å². The van der Waals surface area contributed by atoms with Crippen molar-refractivity contribution in [3.63, 3.8) is 0 Å². The van der Waals surface area contributed by atoms with Crippen LogP contribution in [-0.4, -0.2) is 12.8 Å². The van der Waals surface area contributed by atoms with E-state index in [0.717, 1.165) is 0 Å². The van der Waals surface area contributed by atoms with Crippen molar-refractivity contribution in [3.05, 3.63) is 12.3 Å². The zero-order valence-corrected chi connectivity index (χ0v) is 5.28. The molecule has 0 rings (SSSR count). The fraction of sp³-hybridized carbons (Fsp3) is 0.667. The highest BCUT2D eigenvalue weighted by Gasteiger charge is 2.01. The van der Waals surface area contributed by atoms with Crippen molar-refractivity contribution >= 4 is 0 Å². The highest BCUT2D eigenvalue weighted by Crippen LogP contribution is 2.03. The minimum absolute atomic E-state index is 0.215. The second-order valence-electron chi connectivity index (χ2n) is 1.52. The molecule has 0 saturated heterocycles. The monoisotopic (exact) mass is 118 g/mol. The molecule has 0 amide bonds. The molecule has 0 fully saturated rings. The third-order valence-electron chi connectivity index (χ3n) is 0.773. The third-order valence-corrected chi connectivity index (χ3v) is 0.773. The molecule has 1 nitrogen and oxygen atoms in total. The van der Waals surface area contributed by atoms with Crippen LogP contribution in [0.2, 0.25) is 0 Å². The smallest absolute Gasteiger partial charge is 0.153 e. The summed E-state index contributed by atoms with van der Waals surface area (Å²) in [5.41, 5.74) is 0. The molecular formula is C6H11FO. The number of ether oxygens (including phenoxy) is 1. The van der Waals surface area contributed by atoms with E-state index in [-0.39, 0.29) is 5.76 Å². The average Bonchev–Trinajstić information content (AvgIpc) is 1.67. The Morgan fingerprint density at radius 2 is 2.38 bits per heavy atom. The summed E-state index contributed by atoms with van der Waals surface area (Å²) < 4.78 is 16.8. The number of alkyl halides is 1. The van der Waals surface area contributed by atoms with Crippen molar-refractivity contribution in [2.45, 2.75) is 20.0 Å². The van der Waals surface area contributed by atoms with E-state index >= 15 is 0 Å². The van der Waals surface area contributed by atoms with Crippen LogP contribution < -0.4 is 0 Å². The van der Waals surface area contributed by atoms with E-state index in [2.05, 4.69) is 6.58 Å². The van der Waals surface area contributed by atoms with Crippen LogP contribution >= 0.6 is 0 Å². The SMILES string of the molecule is C=C(OCC)C(C)F. The molecule has 0 aromatic heterocycles. The fourth-order valence-corrected chi connectivity index (χ4v) is 0.300. The van der Waals surface area contributed by atoms with Gasteiger partial charge in [-0.3, -0.25) is 0 Å². The van der Waals surface area contributed by atoms with Gasteiger partial charge in [0.1, 0.15) is 5.76 Å². The molecule has 1 unspecified atom stereocenters. The zero-order chi connectivity index (χ0) is 6.57. The zero-order valence-electron chi connectivity index (χ0n) is 5.28. The number of allylic oxidation sites excluding steroid dienone is 1. The molecule has 8 heavy (non-hydrogen) atoms. The lowest BCUT2D eigenvalue weighted by Crippen LogP contribution is -2.00. The Kier molecular flexibility index (Phi) is 3.24. The van der Waals surface area contributed by atoms with Crippen LogP contribution in [0.4, 0.5) is 4.39 Å². The van der Waals surface area contributed by atoms with Gasteiger partial charge in [0.15, 0.2) is 6.17 Å². The first-order valence-electron chi connectivity index (χ1n) is 2.64. The molecule has 2 heteroatoms. The first-order valence-corrected chi connectivity index (χ1v) is 2.64. The second kappa shape index (κ2) is 3.47. The van der Waals surface area contributed by atoms with Crippen molar-refractivity contribution in [1.29, 1.82) is 0 Å². The normalized spacial score (nSPS) is 12.9. The Hall–Kier alpha value is -0.530. The van der Waals surface area contributed by atoms with Crippen molar-refractivity contribution in [3.8, 4) is 0 Å². The van der Waals surface area contributed by atoms with Gasteiger partial charge in [0, 0.05) is 0 Å². The molecule has 0 heterocycles. The number of rotatable bonds is 3. The van der Waals surface area contributed by atoms with Gasteiger partial charge >= 0.3 is 0 Å². The van der Waals surface area contributed by atoms with Crippen LogP contribution in [0.5, 0.6) is 0 Å². The lowest BCUT2D eigenvalue weighted by Gasteiger charge is -2.05. The van der Waals surface area contributed by atoms with E-state index in [1.165, 1.54) is 6.92 Å². The summed E-state index contributed by atoms with van der Waals surface area (Å²) in [6, 6.07) is 0. The first-order chi connectivity index (χ1) is 3.68. The van der Waals surface area contributed by atoms with Crippen molar-refractivity contribution in [1.82, 2.24) is 0 Å². The predicted molar refractivity (Wildman–Crippen MR) is 31.3 cm³/mol. The fourth-order valence-electron chi connectivity index (χ4n) is 0.300. The number of hydrogen-bond donors (Lipinski definition) is 0. The topological polar surface area (TPSA) is 9.23 Å². The molecule has 0 aliphatic rings. The van der Waals surface area contributed by atoms with Gasteiger partial charge in [-0.25, -0.2) is 4.39 Å². The maximum atomic E-state index is 12.1. The summed E-state index contributed by atoms with van der Waals surface area (Å²) in [6.45, 7) is 7.04. The minimum Gasteiger partial charge on any atom is -0.496 e. The maximum Gasteiger partial charge on any atom is 0.153 e. The molecule has 0 saturated carbocycles. The summed E-state index contributed by atoms with van der Waals surface area (Å²) in [6.07, 6.45) is -1.05. The number of halogens is 1. The molecule has 0 aromatic carbocycles. The van der Waals surface area contributed by atoms with Crippen molar-refractivity contribution < 1.29 is 9.13 Å². The lowest BCUT2D eigenvalue weighted by molar-refractivity contribution is 0.175. The first kappa shape index (κ1) is 7.47. The maximum absolute atomic E-state index is 12.1. The molecule has 0 bridgehead atoms. The molecule has 1 atom stereocenters. The summed E-state index contributed by atoms with van der Waals surface area (Å²) in [5.74, 6) is 0.215. The second-order valence-corrected chi connectivity index (χ2v) is 1.52. The molecule has 0 N–H and O–H groups in total. The van der Waals surface area contributed by atoms with E-state index in [1.54, 1.807) is 6.92 Å². The van der Waals surface area contributed by atoms with Crippen LogP contribution in [-0.2, 0) is 4.74 Å². The van der Waals surface area contributed by atoms with Gasteiger partial charge in [-0.1, -0.05) is 6.58 Å². The molecular weight excluding hydrogens is 107 g/mol. The summed E-state index contributed by atoms with van der Waals surface area (Å²) in [7, 11) is 0. The highest BCUT2D eigenvalue weighted by molar-refractivity contribution is 4.88. The van der Waals surface area contributed by atoms with Crippen LogP contribution in [0.1, 0.15) is 13.8 Å². The molecule has 48 valence electrons. The van der Waals surface area contributed by atoms with E-state index < -0.39 is 6.17 Å². The molecule has 0 spiro atoms. The summed E-state index contributed by atoms with van der Waals surface area (Å²) in [4.78, 5) is 0. The molecule has 0 radical (unpaired) electrons. The quantitative estimate of drug-likeness (QED) is 0.514.